The molecule has 1 fully saturated rings. The van der Waals surface area contributed by atoms with Crippen LogP contribution < -0.4 is 4.90 Å². The molecule has 24 heavy (non-hydrogen) atoms. The second-order valence-electron chi connectivity index (χ2n) is 6.14. The summed E-state index contributed by atoms with van der Waals surface area (Å²) in [6.07, 6.45) is 2.80. The van der Waals surface area contributed by atoms with Crippen molar-refractivity contribution in [2.24, 2.45) is 0 Å². The first-order valence-electron chi connectivity index (χ1n) is 8.12. The van der Waals surface area contributed by atoms with Crippen LogP contribution in [0.25, 0.3) is 0 Å². The van der Waals surface area contributed by atoms with Crippen LogP contribution in [-0.2, 0) is 0 Å². The number of nitrogens with zero attached hydrogens (tertiary/aromatic N) is 4. The summed E-state index contributed by atoms with van der Waals surface area (Å²) < 4.78 is 0.795. The van der Waals surface area contributed by atoms with Gasteiger partial charge in [-0.15, -0.1) is 0 Å². The Balaban J connectivity index is 0.00000225. The van der Waals surface area contributed by atoms with Crippen LogP contribution >= 0.6 is 15.9 Å². The lowest BCUT2D eigenvalue weighted by Gasteiger charge is -2.22. The van der Waals surface area contributed by atoms with Crippen LogP contribution in [-0.4, -0.2) is 53.9 Å². The molecule has 6 heteroatoms. The Morgan fingerprint density at radius 3 is 2.92 bits per heavy atom. The molecule has 0 radical (unpaired) electrons. The molecule has 2 aromatic heterocycles. The standard InChI is InChI=1S/C18H21BrN4O.H2/c1-13-15(11-14(19)12-20-13)18(24)16-5-3-6-17(21-16)23-8-4-7-22(2)9-10-23;/h3,5-6,11-12H,4,7-10H2,1-2H3;1H. The van der Waals surface area contributed by atoms with Crippen molar-refractivity contribution >= 4 is 27.5 Å². The van der Waals surface area contributed by atoms with Gasteiger partial charge in [0.15, 0.2) is 0 Å². The number of likely N-dealkylation sites (N-methyl/N-ethyl adjacent to an activating group) is 1. The summed E-state index contributed by atoms with van der Waals surface area (Å²) in [5.41, 5.74) is 1.77. The number of rotatable bonds is 3. The number of carbonyl (C=O) groups excluding carboxylic acids is 1. The second kappa shape index (κ2) is 7.40. The Labute approximate surface area is 152 Å². The lowest BCUT2D eigenvalue weighted by molar-refractivity contribution is 0.103. The van der Waals surface area contributed by atoms with Gasteiger partial charge in [0.2, 0.25) is 5.78 Å². The van der Waals surface area contributed by atoms with E-state index >= 15 is 0 Å². The third-order valence-corrected chi connectivity index (χ3v) is 4.74. The minimum Gasteiger partial charge on any atom is -0.355 e. The molecule has 0 saturated carbocycles. The predicted octanol–water partition coefficient (Wildman–Crippen LogP) is 3.17. The van der Waals surface area contributed by atoms with Gasteiger partial charge in [-0.2, -0.15) is 0 Å². The number of aromatic nitrogens is 2. The molecule has 0 unspecified atom stereocenters. The van der Waals surface area contributed by atoms with Crippen molar-refractivity contribution in [1.82, 2.24) is 14.9 Å². The Bertz CT molecular complexity index is 756. The molecular weight excluding hydrogens is 368 g/mol. The molecule has 0 atom stereocenters. The first-order chi connectivity index (χ1) is 11.5. The lowest BCUT2D eigenvalue weighted by Crippen LogP contribution is -2.29. The van der Waals surface area contributed by atoms with E-state index in [2.05, 4.69) is 42.7 Å². The van der Waals surface area contributed by atoms with Gasteiger partial charge >= 0.3 is 0 Å². The predicted molar refractivity (Wildman–Crippen MR) is 101 cm³/mol. The maximum Gasteiger partial charge on any atom is 0.213 e. The van der Waals surface area contributed by atoms with Gasteiger partial charge in [-0.1, -0.05) is 6.07 Å². The summed E-state index contributed by atoms with van der Waals surface area (Å²) in [5, 5.41) is 0. The molecule has 1 aliphatic heterocycles. The topological polar surface area (TPSA) is 49.3 Å². The van der Waals surface area contributed by atoms with Crippen LogP contribution in [0.2, 0.25) is 0 Å². The molecule has 0 N–H and O–H groups in total. The Morgan fingerprint density at radius 2 is 2.08 bits per heavy atom. The van der Waals surface area contributed by atoms with E-state index in [-0.39, 0.29) is 7.21 Å². The molecule has 3 heterocycles. The van der Waals surface area contributed by atoms with Crippen molar-refractivity contribution in [3.8, 4) is 0 Å². The zero-order chi connectivity index (χ0) is 17.1. The van der Waals surface area contributed by atoms with Crippen LogP contribution in [0.1, 0.15) is 29.6 Å². The number of pyridine rings is 2. The molecule has 5 nitrogen and oxygen atoms in total. The minimum absolute atomic E-state index is 0. The number of carbonyl (C=O) groups is 1. The number of hydrogen-bond acceptors (Lipinski definition) is 5. The van der Waals surface area contributed by atoms with Crippen molar-refractivity contribution in [2.75, 3.05) is 38.1 Å². The quantitative estimate of drug-likeness (QED) is 0.753. The largest absolute Gasteiger partial charge is 0.355 e. The van der Waals surface area contributed by atoms with Crippen molar-refractivity contribution in [3.05, 3.63) is 51.9 Å². The van der Waals surface area contributed by atoms with Gasteiger partial charge in [0.05, 0.1) is 0 Å². The molecule has 0 aliphatic carbocycles. The number of aryl methyl sites for hydroxylation is 1. The fourth-order valence-electron chi connectivity index (χ4n) is 2.88. The molecule has 3 rings (SSSR count). The molecule has 128 valence electrons. The highest BCUT2D eigenvalue weighted by atomic mass is 79.9. The SMILES string of the molecule is Cc1ncc(Br)cc1C(=O)c1cccc(N2CCCN(C)CC2)n1.[HH]. The minimum atomic E-state index is -0.0879. The highest BCUT2D eigenvalue weighted by Gasteiger charge is 2.18. The summed E-state index contributed by atoms with van der Waals surface area (Å²) in [4.78, 5) is 26.3. The molecule has 0 amide bonds. The van der Waals surface area contributed by atoms with Crippen molar-refractivity contribution < 1.29 is 6.22 Å². The van der Waals surface area contributed by atoms with Gasteiger partial charge < -0.3 is 9.80 Å². The zero-order valence-electron chi connectivity index (χ0n) is 14.0. The average Bonchev–Trinajstić information content (AvgIpc) is 2.81. The van der Waals surface area contributed by atoms with Gasteiger partial charge in [0.25, 0.3) is 0 Å². The van der Waals surface area contributed by atoms with E-state index in [9.17, 15) is 4.79 Å². The first-order valence-corrected chi connectivity index (χ1v) is 8.91. The summed E-state index contributed by atoms with van der Waals surface area (Å²) >= 11 is 3.38. The number of anilines is 1. The zero-order valence-corrected chi connectivity index (χ0v) is 15.6. The fraction of sp³-hybridized carbons (Fsp3) is 0.389. The summed E-state index contributed by atoms with van der Waals surface area (Å²) in [5.74, 6) is 0.784. The summed E-state index contributed by atoms with van der Waals surface area (Å²) in [6.45, 7) is 5.84. The maximum absolute atomic E-state index is 12.8. The first kappa shape index (κ1) is 17.0. The normalized spacial score (nSPS) is 16.0. The van der Waals surface area contributed by atoms with Gasteiger partial charge in [0, 0.05) is 43.0 Å². The smallest absolute Gasteiger partial charge is 0.213 e. The molecule has 0 aromatic carbocycles. The van der Waals surface area contributed by atoms with Gasteiger partial charge in [-0.05, 0) is 61.1 Å². The number of hydrogen-bond donors (Lipinski definition) is 0. The maximum atomic E-state index is 12.8. The lowest BCUT2D eigenvalue weighted by atomic mass is 10.1. The second-order valence-corrected chi connectivity index (χ2v) is 7.06. The van der Waals surface area contributed by atoms with Crippen molar-refractivity contribution in [3.63, 3.8) is 0 Å². The van der Waals surface area contributed by atoms with Crippen LogP contribution in [0.3, 0.4) is 0 Å². The molecule has 1 saturated heterocycles. The fourth-order valence-corrected chi connectivity index (χ4v) is 3.21. The van der Waals surface area contributed by atoms with Crippen molar-refractivity contribution in [2.45, 2.75) is 13.3 Å². The number of halogens is 1. The number of ketones is 1. The highest BCUT2D eigenvalue weighted by Crippen LogP contribution is 2.19. The highest BCUT2D eigenvalue weighted by molar-refractivity contribution is 9.10. The average molecular weight is 391 g/mol. The van der Waals surface area contributed by atoms with E-state index in [1.807, 2.05) is 19.1 Å². The molecule has 1 aliphatic rings. The summed E-state index contributed by atoms with van der Waals surface area (Å²) in [7, 11) is 2.14. The van der Waals surface area contributed by atoms with E-state index in [1.54, 1.807) is 18.3 Å². The van der Waals surface area contributed by atoms with E-state index in [0.29, 0.717) is 17.0 Å². The van der Waals surface area contributed by atoms with Crippen molar-refractivity contribution in [1.29, 1.82) is 0 Å². The Hall–Kier alpha value is -1.79. The molecule has 2 aromatic rings. The van der Waals surface area contributed by atoms with Crippen LogP contribution in [0.15, 0.2) is 34.9 Å². The molecule has 0 spiro atoms. The third-order valence-electron chi connectivity index (χ3n) is 4.31. The van der Waals surface area contributed by atoms with E-state index < -0.39 is 0 Å². The Morgan fingerprint density at radius 1 is 1.25 bits per heavy atom. The van der Waals surface area contributed by atoms with E-state index in [4.69, 9.17) is 0 Å². The van der Waals surface area contributed by atoms with Crippen LogP contribution in [0.5, 0.6) is 0 Å². The third kappa shape index (κ3) is 3.82. The van der Waals surface area contributed by atoms with Gasteiger partial charge in [-0.25, -0.2) is 4.98 Å². The Kier molecular flexibility index (Phi) is 5.26. The van der Waals surface area contributed by atoms with Crippen LogP contribution in [0.4, 0.5) is 5.82 Å². The van der Waals surface area contributed by atoms with E-state index in [0.717, 1.165) is 42.9 Å². The van der Waals surface area contributed by atoms with Gasteiger partial charge in [0.1, 0.15) is 11.5 Å². The molecular formula is C18H23BrN4O. The van der Waals surface area contributed by atoms with Gasteiger partial charge in [-0.3, -0.25) is 9.78 Å². The van der Waals surface area contributed by atoms with Crippen LogP contribution in [0, 0.1) is 6.92 Å². The van der Waals surface area contributed by atoms with E-state index in [1.165, 1.54) is 0 Å². The molecule has 0 bridgehead atoms. The monoisotopic (exact) mass is 390 g/mol. The summed E-state index contributed by atoms with van der Waals surface area (Å²) in [6, 6.07) is 7.47.